The van der Waals surface area contributed by atoms with Crippen LogP contribution in [0.4, 0.5) is 0 Å². The lowest BCUT2D eigenvalue weighted by molar-refractivity contribution is -0.143. The predicted octanol–water partition coefficient (Wildman–Crippen LogP) is -0.480. The van der Waals surface area contributed by atoms with E-state index >= 15 is 0 Å². The second kappa shape index (κ2) is 7.62. The average Bonchev–Trinajstić information content (AvgIpc) is 2.24. The lowest BCUT2D eigenvalue weighted by Crippen LogP contribution is -2.38. The molecule has 0 spiro atoms. The Morgan fingerprint density at radius 2 is 2.00 bits per heavy atom. The second-order valence-corrected chi connectivity index (χ2v) is 3.86. The summed E-state index contributed by atoms with van der Waals surface area (Å²) >= 11 is 0. The van der Waals surface area contributed by atoms with E-state index < -0.39 is 5.41 Å². The summed E-state index contributed by atoms with van der Waals surface area (Å²) in [4.78, 5) is 10.9. The van der Waals surface area contributed by atoms with E-state index in [-0.39, 0.29) is 19.2 Å². The maximum Gasteiger partial charge on any atom is 0.307 e. The van der Waals surface area contributed by atoms with Gasteiger partial charge in [0.2, 0.25) is 0 Å². The average molecular weight is 219 g/mol. The van der Waals surface area contributed by atoms with Gasteiger partial charge in [-0.3, -0.25) is 4.79 Å². The topological polar surface area (TPSA) is 78.8 Å². The first-order valence-electron chi connectivity index (χ1n) is 5.16. The number of aliphatic hydroxyl groups is 2. The summed E-state index contributed by atoms with van der Waals surface area (Å²) in [7, 11) is 0. The van der Waals surface area contributed by atoms with Crippen molar-refractivity contribution in [2.24, 2.45) is 5.41 Å². The number of rotatable bonds is 8. The summed E-state index contributed by atoms with van der Waals surface area (Å²) < 4.78 is 4.75. The number of esters is 1. The van der Waals surface area contributed by atoms with Crippen LogP contribution >= 0.6 is 0 Å². The van der Waals surface area contributed by atoms with E-state index in [9.17, 15) is 4.79 Å². The van der Waals surface area contributed by atoms with E-state index in [1.54, 1.807) is 13.8 Å². The fourth-order valence-electron chi connectivity index (χ4n) is 0.976. The van der Waals surface area contributed by atoms with Gasteiger partial charge in [0.05, 0.1) is 26.2 Å². The minimum absolute atomic E-state index is 0.0874. The van der Waals surface area contributed by atoms with Gasteiger partial charge in [0, 0.05) is 18.5 Å². The Morgan fingerprint density at radius 1 is 1.40 bits per heavy atom. The van der Waals surface area contributed by atoms with Crippen molar-refractivity contribution in [3.63, 3.8) is 0 Å². The highest BCUT2D eigenvalue weighted by atomic mass is 16.5. The van der Waals surface area contributed by atoms with E-state index in [2.05, 4.69) is 5.32 Å². The van der Waals surface area contributed by atoms with Crippen LogP contribution in [0, 0.1) is 5.41 Å². The Hall–Kier alpha value is -0.650. The van der Waals surface area contributed by atoms with Crippen LogP contribution in [0.5, 0.6) is 0 Å². The fraction of sp³-hybridized carbons (Fsp3) is 0.900. The first-order chi connectivity index (χ1) is 7.08. The molecule has 0 saturated heterocycles. The predicted molar refractivity (Wildman–Crippen MR) is 56.4 cm³/mol. The van der Waals surface area contributed by atoms with Crippen molar-refractivity contribution in [1.82, 2.24) is 5.32 Å². The van der Waals surface area contributed by atoms with Crippen molar-refractivity contribution in [2.45, 2.75) is 20.3 Å². The van der Waals surface area contributed by atoms with E-state index in [1.807, 2.05) is 0 Å². The summed E-state index contributed by atoms with van der Waals surface area (Å²) in [6, 6.07) is 0. The molecule has 0 aromatic carbocycles. The number of ether oxygens (including phenoxy) is 1. The summed E-state index contributed by atoms with van der Waals surface area (Å²) in [5.74, 6) is -0.236. The van der Waals surface area contributed by atoms with Crippen LogP contribution in [-0.4, -0.2) is 49.1 Å². The smallest absolute Gasteiger partial charge is 0.307 e. The molecule has 3 N–H and O–H groups in total. The van der Waals surface area contributed by atoms with Gasteiger partial charge in [-0.25, -0.2) is 0 Å². The van der Waals surface area contributed by atoms with Gasteiger partial charge in [0.25, 0.3) is 0 Å². The van der Waals surface area contributed by atoms with Gasteiger partial charge in [-0.15, -0.1) is 0 Å². The summed E-state index contributed by atoms with van der Waals surface area (Å²) in [5, 5.41) is 21.0. The van der Waals surface area contributed by atoms with E-state index in [4.69, 9.17) is 14.9 Å². The van der Waals surface area contributed by atoms with Crippen molar-refractivity contribution in [2.75, 3.05) is 32.9 Å². The molecule has 0 aliphatic carbocycles. The Labute approximate surface area is 90.4 Å². The lowest BCUT2D eigenvalue weighted by atomic mass is 9.93. The summed E-state index contributed by atoms with van der Waals surface area (Å²) in [6.07, 6.45) is 0.306. The van der Waals surface area contributed by atoms with E-state index in [1.165, 1.54) is 0 Å². The van der Waals surface area contributed by atoms with Gasteiger partial charge < -0.3 is 20.3 Å². The molecule has 0 bridgehead atoms. The molecule has 90 valence electrons. The number of carbonyl (C=O) groups excluding carboxylic acids is 1. The zero-order valence-corrected chi connectivity index (χ0v) is 9.45. The van der Waals surface area contributed by atoms with Crippen LogP contribution in [0.2, 0.25) is 0 Å². The highest BCUT2D eigenvalue weighted by molar-refractivity contribution is 5.69. The minimum atomic E-state index is -0.533. The van der Waals surface area contributed by atoms with Crippen molar-refractivity contribution < 1.29 is 19.7 Å². The third-order valence-electron chi connectivity index (χ3n) is 2.13. The normalized spacial score (nSPS) is 11.5. The molecule has 5 nitrogen and oxygen atoms in total. The Kier molecular flexibility index (Phi) is 7.29. The molecule has 0 aromatic rings. The molecule has 5 heteroatoms. The van der Waals surface area contributed by atoms with Gasteiger partial charge >= 0.3 is 5.97 Å². The highest BCUT2D eigenvalue weighted by Gasteiger charge is 2.21. The molecule has 0 atom stereocenters. The Bertz CT molecular complexity index is 180. The molecule has 0 fully saturated rings. The van der Waals surface area contributed by atoms with Crippen LogP contribution in [0.3, 0.4) is 0 Å². The van der Waals surface area contributed by atoms with E-state index in [0.717, 1.165) is 0 Å². The molecule has 0 aromatic heterocycles. The highest BCUT2D eigenvalue weighted by Crippen LogP contribution is 2.11. The number of aliphatic hydroxyl groups excluding tert-OH is 2. The van der Waals surface area contributed by atoms with Gasteiger partial charge in [-0.2, -0.15) is 0 Å². The van der Waals surface area contributed by atoms with Crippen LogP contribution in [-0.2, 0) is 9.53 Å². The standard InChI is InChI=1S/C10H21NO4/c1-3-15-9(14)4-5-11-6-10(2,7-12)8-13/h11-13H,3-8H2,1-2H3. The SMILES string of the molecule is CCOC(=O)CCNCC(C)(CO)CO. The first-order valence-corrected chi connectivity index (χ1v) is 5.16. The van der Waals surface area contributed by atoms with Crippen molar-refractivity contribution >= 4 is 5.97 Å². The second-order valence-electron chi connectivity index (χ2n) is 3.86. The molecule has 0 heterocycles. The third-order valence-corrected chi connectivity index (χ3v) is 2.13. The zero-order valence-electron chi connectivity index (χ0n) is 9.45. The monoisotopic (exact) mass is 219 g/mol. The molecule has 0 aliphatic rings. The molecule has 0 unspecified atom stereocenters. The number of hydrogen-bond donors (Lipinski definition) is 3. The molecule has 0 amide bonds. The van der Waals surface area contributed by atoms with Crippen LogP contribution in [0.15, 0.2) is 0 Å². The number of carbonyl (C=O) groups is 1. The molecule has 0 aliphatic heterocycles. The van der Waals surface area contributed by atoms with Crippen molar-refractivity contribution in [3.8, 4) is 0 Å². The summed E-state index contributed by atoms with van der Waals surface area (Å²) in [6.45, 7) is 4.72. The van der Waals surface area contributed by atoms with Gasteiger partial charge in [-0.1, -0.05) is 6.92 Å². The van der Waals surface area contributed by atoms with Crippen LogP contribution in [0.25, 0.3) is 0 Å². The van der Waals surface area contributed by atoms with Crippen LogP contribution < -0.4 is 5.32 Å². The van der Waals surface area contributed by atoms with Gasteiger partial charge in [-0.05, 0) is 6.92 Å². The largest absolute Gasteiger partial charge is 0.466 e. The Morgan fingerprint density at radius 3 is 2.47 bits per heavy atom. The van der Waals surface area contributed by atoms with Crippen LogP contribution in [0.1, 0.15) is 20.3 Å². The number of hydrogen-bond acceptors (Lipinski definition) is 5. The molecule has 15 heavy (non-hydrogen) atoms. The van der Waals surface area contributed by atoms with Crippen molar-refractivity contribution in [1.29, 1.82) is 0 Å². The maximum absolute atomic E-state index is 10.9. The molecular weight excluding hydrogens is 198 g/mol. The fourth-order valence-corrected chi connectivity index (χ4v) is 0.976. The van der Waals surface area contributed by atoms with Gasteiger partial charge in [0.1, 0.15) is 0 Å². The molecule has 0 saturated carbocycles. The molecule has 0 radical (unpaired) electrons. The molecular formula is C10H21NO4. The lowest BCUT2D eigenvalue weighted by Gasteiger charge is -2.24. The minimum Gasteiger partial charge on any atom is -0.466 e. The maximum atomic E-state index is 10.9. The Balaban J connectivity index is 3.57. The summed E-state index contributed by atoms with van der Waals surface area (Å²) in [5.41, 5.74) is -0.533. The number of nitrogens with one attached hydrogen (secondary N) is 1. The quantitative estimate of drug-likeness (QED) is 0.379. The van der Waals surface area contributed by atoms with Gasteiger partial charge in [0.15, 0.2) is 0 Å². The van der Waals surface area contributed by atoms with E-state index in [0.29, 0.717) is 26.1 Å². The third kappa shape index (κ3) is 6.43. The van der Waals surface area contributed by atoms with Crippen molar-refractivity contribution in [3.05, 3.63) is 0 Å². The molecule has 0 rings (SSSR count). The zero-order chi connectivity index (χ0) is 11.7. The first kappa shape index (κ1) is 14.3.